The Balaban J connectivity index is 0.000000172. The van der Waals surface area contributed by atoms with Gasteiger partial charge >= 0.3 is 6.18 Å². The molecule has 0 spiro atoms. The van der Waals surface area contributed by atoms with Gasteiger partial charge in [-0.2, -0.15) is 13.2 Å². The predicted molar refractivity (Wildman–Crippen MR) is 101 cm³/mol. The van der Waals surface area contributed by atoms with E-state index in [-0.39, 0.29) is 28.8 Å². The lowest BCUT2D eigenvalue weighted by Gasteiger charge is -2.25. The second-order valence-corrected chi connectivity index (χ2v) is 6.45. The molecular weight excluding hydrogens is 408 g/mol. The molecule has 0 saturated heterocycles. The smallest absolute Gasteiger partial charge is 0.431 e. The van der Waals surface area contributed by atoms with E-state index in [0.29, 0.717) is 25.6 Å². The van der Waals surface area contributed by atoms with Gasteiger partial charge in [-0.3, -0.25) is 0 Å². The minimum atomic E-state index is -4.42. The number of ether oxygens (including phenoxy) is 3. The van der Waals surface area contributed by atoms with Crippen LogP contribution in [0.5, 0.6) is 5.75 Å². The van der Waals surface area contributed by atoms with Crippen molar-refractivity contribution in [2.24, 2.45) is 0 Å². The molecule has 3 heterocycles. The van der Waals surface area contributed by atoms with Crippen molar-refractivity contribution in [3.8, 4) is 5.75 Å². The average molecular weight is 428 g/mol. The first-order chi connectivity index (χ1) is 14.3. The van der Waals surface area contributed by atoms with E-state index in [0.717, 1.165) is 24.4 Å². The number of fused-ring (bicyclic) bond motifs is 2. The van der Waals surface area contributed by atoms with Crippen molar-refractivity contribution < 1.29 is 31.8 Å². The molecule has 1 aliphatic rings. The van der Waals surface area contributed by atoms with E-state index < -0.39 is 11.9 Å². The third-order valence-electron chi connectivity index (χ3n) is 4.30. The van der Waals surface area contributed by atoms with E-state index in [4.69, 9.17) is 19.9 Å². The van der Waals surface area contributed by atoms with E-state index in [1.165, 1.54) is 12.1 Å². The molecule has 0 bridgehead atoms. The molecule has 7 nitrogen and oxygen atoms in total. The van der Waals surface area contributed by atoms with Crippen LogP contribution in [0.4, 0.5) is 23.4 Å². The van der Waals surface area contributed by atoms with Gasteiger partial charge in [0.25, 0.3) is 0 Å². The number of methoxy groups -OCH3 is 1. The number of aromatic amines is 1. The highest BCUT2D eigenvalue weighted by atomic mass is 19.4. The number of anilines is 1. The zero-order valence-electron chi connectivity index (χ0n) is 16.0. The Bertz CT molecular complexity index is 994. The van der Waals surface area contributed by atoms with Crippen LogP contribution >= 0.6 is 0 Å². The molecular formula is C19H20F4N4O3. The summed E-state index contributed by atoms with van der Waals surface area (Å²) in [6, 6.07) is 5.50. The Morgan fingerprint density at radius 2 is 2.03 bits per heavy atom. The van der Waals surface area contributed by atoms with Crippen molar-refractivity contribution in [3.05, 3.63) is 47.7 Å². The molecule has 1 atom stereocenters. The first-order valence-electron chi connectivity index (χ1n) is 8.96. The number of halogens is 4. The molecule has 3 N–H and O–H groups in total. The summed E-state index contributed by atoms with van der Waals surface area (Å²) in [5.74, 6) is 0.394. The van der Waals surface area contributed by atoms with E-state index >= 15 is 0 Å². The molecule has 0 saturated carbocycles. The number of alkyl halides is 3. The van der Waals surface area contributed by atoms with Crippen LogP contribution in [0.3, 0.4) is 0 Å². The largest absolute Gasteiger partial charge is 0.490 e. The summed E-state index contributed by atoms with van der Waals surface area (Å²) in [5.41, 5.74) is 5.58. The Labute approximate surface area is 169 Å². The first-order valence-corrected chi connectivity index (χ1v) is 8.96. The van der Waals surface area contributed by atoms with Crippen molar-refractivity contribution in [3.63, 3.8) is 0 Å². The summed E-state index contributed by atoms with van der Waals surface area (Å²) in [7, 11) is 1.64. The Hall–Kier alpha value is -2.92. The summed E-state index contributed by atoms with van der Waals surface area (Å²) < 4.78 is 65.5. The summed E-state index contributed by atoms with van der Waals surface area (Å²) in [5, 5.41) is 0.180. The highest BCUT2D eigenvalue weighted by molar-refractivity contribution is 5.86. The van der Waals surface area contributed by atoms with Crippen molar-refractivity contribution in [2.75, 3.05) is 32.7 Å². The summed E-state index contributed by atoms with van der Waals surface area (Å²) in [6.45, 7) is 1.61. The number of nitrogens with two attached hydrogens (primary N) is 1. The Morgan fingerprint density at radius 1 is 1.23 bits per heavy atom. The van der Waals surface area contributed by atoms with Gasteiger partial charge in [0.1, 0.15) is 41.7 Å². The van der Waals surface area contributed by atoms with E-state index in [9.17, 15) is 17.6 Å². The van der Waals surface area contributed by atoms with E-state index in [1.807, 2.05) is 0 Å². The third-order valence-corrected chi connectivity index (χ3v) is 4.30. The lowest BCUT2D eigenvalue weighted by molar-refractivity contribution is -0.140. The predicted octanol–water partition coefficient (Wildman–Crippen LogP) is 3.35. The topological polar surface area (TPSA) is 95.3 Å². The number of hydrogen-bond acceptors (Lipinski definition) is 6. The minimum absolute atomic E-state index is 0.0294. The van der Waals surface area contributed by atoms with Gasteiger partial charge in [0.2, 0.25) is 0 Å². The van der Waals surface area contributed by atoms with Gasteiger partial charge in [-0.15, -0.1) is 0 Å². The molecule has 30 heavy (non-hydrogen) atoms. The van der Waals surface area contributed by atoms with Crippen LogP contribution in [0.15, 0.2) is 30.6 Å². The summed E-state index contributed by atoms with van der Waals surface area (Å²) in [4.78, 5) is 9.33. The molecule has 0 aliphatic carbocycles. The van der Waals surface area contributed by atoms with Crippen LogP contribution < -0.4 is 10.5 Å². The molecule has 1 aliphatic heterocycles. The number of H-pyrrole nitrogens is 1. The molecule has 0 amide bonds. The average Bonchev–Trinajstić information content (AvgIpc) is 3.15. The van der Waals surface area contributed by atoms with Gasteiger partial charge in [-0.05, 0) is 17.7 Å². The number of nitrogens with zero attached hydrogens (tertiary/aromatic N) is 2. The summed E-state index contributed by atoms with van der Waals surface area (Å²) in [6.07, 6.45) is -2.52. The maximum absolute atomic E-state index is 12.9. The number of nitrogen functional groups attached to an aromatic ring is 1. The van der Waals surface area contributed by atoms with Crippen LogP contribution in [0.25, 0.3) is 11.0 Å². The number of nitrogens with one attached hydrogen (secondary N) is 1. The lowest BCUT2D eigenvalue weighted by Crippen LogP contribution is -2.29. The molecule has 2 aromatic heterocycles. The number of rotatable bonds is 4. The second-order valence-electron chi connectivity index (χ2n) is 6.45. The number of hydrogen-bond donors (Lipinski definition) is 2. The molecule has 0 fully saturated rings. The molecule has 1 aromatic carbocycles. The molecule has 11 heteroatoms. The molecule has 4 rings (SSSR count). The Kier molecular flexibility index (Phi) is 6.73. The van der Waals surface area contributed by atoms with Crippen molar-refractivity contribution in [2.45, 2.75) is 18.7 Å². The molecule has 3 aromatic rings. The zero-order chi connectivity index (χ0) is 21.7. The SMILES string of the molecule is COCCOC1COc2cc(F)ccc2C1.Nc1ncnc2[nH]c(C(F)(F)F)cc12. The van der Waals surface area contributed by atoms with Gasteiger partial charge in [-0.1, -0.05) is 6.07 Å². The zero-order valence-corrected chi connectivity index (χ0v) is 16.0. The molecule has 0 radical (unpaired) electrons. The van der Waals surface area contributed by atoms with Crippen molar-refractivity contribution in [1.29, 1.82) is 0 Å². The highest BCUT2D eigenvalue weighted by Crippen LogP contribution is 2.31. The summed E-state index contributed by atoms with van der Waals surface area (Å²) >= 11 is 0. The normalized spacial score (nSPS) is 15.8. The fraction of sp³-hybridized carbons (Fsp3) is 0.368. The van der Waals surface area contributed by atoms with E-state index in [1.54, 1.807) is 13.2 Å². The standard InChI is InChI=1S/C12H15FO3.C7H5F3N4/c1-14-4-5-15-11-6-9-2-3-10(13)7-12(9)16-8-11;8-7(9,10)4-1-3-5(11)12-2-13-6(3)14-4/h2-3,7,11H,4-6,8H2,1H3;1-2H,(H3,11,12,13,14). The quantitative estimate of drug-likeness (QED) is 0.489. The second kappa shape index (κ2) is 9.26. The van der Waals surface area contributed by atoms with Crippen LogP contribution in [0, 0.1) is 5.82 Å². The monoisotopic (exact) mass is 428 g/mol. The highest BCUT2D eigenvalue weighted by Gasteiger charge is 2.33. The van der Waals surface area contributed by atoms with Crippen LogP contribution in [-0.2, 0) is 22.1 Å². The van der Waals surface area contributed by atoms with E-state index in [2.05, 4.69) is 15.0 Å². The van der Waals surface area contributed by atoms with Gasteiger partial charge in [0, 0.05) is 19.6 Å². The first kappa shape index (κ1) is 21.8. The van der Waals surface area contributed by atoms with Gasteiger partial charge in [0.15, 0.2) is 0 Å². The van der Waals surface area contributed by atoms with Gasteiger partial charge in [-0.25, -0.2) is 14.4 Å². The fourth-order valence-electron chi connectivity index (χ4n) is 2.84. The van der Waals surface area contributed by atoms with Gasteiger partial charge < -0.3 is 24.9 Å². The number of aromatic nitrogens is 3. The maximum Gasteiger partial charge on any atom is 0.431 e. The van der Waals surface area contributed by atoms with Crippen molar-refractivity contribution in [1.82, 2.24) is 15.0 Å². The maximum atomic E-state index is 12.9. The van der Waals surface area contributed by atoms with Crippen LogP contribution in [0.1, 0.15) is 11.3 Å². The van der Waals surface area contributed by atoms with Crippen LogP contribution in [0.2, 0.25) is 0 Å². The molecule has 1 unspecified atom stereocenters. The lowest BCUT2D eigenvalue weighted by atomic mass is 10.0. The van der Waals surface area contributed by atoms with Crippen LogP contribution in [-0.4, -0.2) is 48.0 Å². The molecule has 162 valence electrons. The number of benzene rings is 1. The van der Waals surface area contributed by atoms with Gasteiger partial charge in [0.05, 0.1) is 24.7 Å². The Morgan fingerprint density at radius 3 is 2.73 bits per heavy atom. The third kappa shape index (κ3) is 5.36. The minimum Gasteiger partial charge on any atom is -0.490 e. The fourth-order valence-corrected chi connectivity index (χ4v) is 2.84. The van der Waals surface area contributed by atoms with Crippen molar-refractivity contribution >= 4 is 16.9 Å².